The smallest absolute Gasteiger partial charge is 0.223 e. The van der Waals surface area contributed by atoms with E-state index in [1.165, 1.54) is 5.56 Å². The Morgan fingerprint density at radius 1 is 1.11 bits per heavy atom. The number of aromatic nitrogens is 2. The number of hydrogen-bond donors (Lipinski definition) is 3. The van der Waals surface area contributed by atoms with Gasteiger partial charge >= 0.3 is 0 Å². The van der Waals surface area contributed by atoms with Crippen LogP contribution in [0.25, 0.3) is 0 Å². The quantitative estimate of drug-likeness (QED) is 0.784. The van der Waals surface area contributed by atoms with Crippen LogP contribution >= 0.6 is 11.6 Å². The molecule has 1 aromatic carbocycles. The summed E-state index contributed by atoms with van der Waals surface area (Å²) in [6.07, 6.45) is 0.862. The summed E-state index contributed by atoms with van der Waals surface area (Å²) >= 11 is 5.82. The Balaban J connectivity index is 1.90. The van der Waals surface area contributed by atoms with E-state index in [2.05, 4.69) is 15.3 Å². The van der Waals surface area contributed by atoms with Crippen molar-refractivity contribution in [2.75, 3.05) is 23.3 Å². The molecule has 2 rings (SSSR count). The molecule has 0 aliphatic rings. The van der Waals surface area contributed by atoms with Gasteiger partial charge in [0, 0.05) is 17.6 Å². The number of benzene rings is 1. The van der Waals surface area contributed by atoms with Crippen LogP contribution in [-0.2, 0) is 6.42 Å². The number of nitrogen functional groups attached to an aromatic ring is 2. The zero-order valence-electron chi connectivity index (χ0n) is 9.73. The molecule has 94 valence electrons. The lowest BCUT2D eigenvalue weighted by Crippen LogP contribution is -2.09. The summed E-state index contributed by atoms with van der Waals surface area (Å²) in [7, 11) is 0. The van der Waals surface area contributed by atoms with Gasteiger partial charge in [0.05, 0.1) is 0 Å². The van der Waals surface area contributed by atoms with Crippen LogP contribution in [0, 0.1) is 0 Å². The minimum absolute atomic E-state index is 0.170. The van der Waals surface area contributed by atoms with Crippen LogP contribution in [0.5, 0.6) is 0 Å². The Morgan fingerprint density at radius 2 is 1.83 bits per heavy atom. The maximum atomic E-state index is 5.82. The molecule has 0 saturated carbocycles. The van der Waals surface area contributed by atoms with Gasteiger partial charge in [-0.3, -0.25) is 0 Å². The van der Waals surface area contributed by atoms with Crippen molar-refractivity contribution in [3.05, 3.63) is 40.9 Å². The fraction of sp³-hybridized carbons (Fsp3) is 0.167. The monoisotopic (exact) mass is 263 g/mol. The Labute approximate surface area is 110 Å². The van der Waals surface area contributed by atoms with E-state index < -0.39 is 0 Å². The van der Waals surface area contributed by atoms with Gasteiger partial charge in [-0.1, -0.05) is 23.7 Å². The molecule has 0 aliphatic carbocycles. The largest absolute Gasteiger partial charge is 0.383 e. The predicted molar refractivity (Wildman–Crippen MR) is 74.5 cm³/mol. The van der Waals surface area contributed by atoms with E-state index in [4.69, 9.17) is 23.1 Å². The summed E-state index contributed by atoms with van der Waals surface area (Å²) in [5.41, 5.74) is 12.3. The standard InChI is InChI=1S/C12H14ClN5/c13-9-3-1-8(2-4-9)5-6-16-11-7-10(14)17-12(15)18-11/h1-4,7H,5-6H2,(H5,14,15,16,17,18). The highest BCUT2D eigenvalue weighted by Crippen LogP contribution is 2.11. The van der Waals surface area contributed by atoms with Crippen molar-refractivity contribution in [2.45, 2.75) is 6.42 Å². The van der Waals surface area contributed by atoms with Crippen molar-refractivity contribution in [3.8, 4) is 0 Å². The highest BCUT2D eigenvalue weighted by atomic mass is 35.5. The molecule has 6 heteroatoms. The third-order valence-corrected chi connectivity index (χ3v) is 2.65. The van der Waals surface area contributed by atoms with Gasteiger partial charge in [-0.25, -0.2) is 0 Å². The lowest BCUT2D eigenvalue weighted by Gasteiger charge is -2.07. The topological polar surface area (TPSA) is 89.8 Å². The number of nitrogens with two attached hydrogens (primary N) is 2. The van der Waals surface area contributed by atoms with Crippen LogP contribution in [0.1, 0.15) is 5.56 Å². The highest BCUT2D eigenvalue weighted by Gasteiger charge is 1.99. The van der Waals surface area contributed by atoms with Gasteiger partial charge in [0.25, 0.3) is 0 Å². The summed E-state index contributed by atoms with van der Waals surface area (Å²) in [4.78, 5) is 7.83. The summed E-state index contributed by atoms with van der Waals surface area (Å²) in [6.45, 7) is 0.734. The van der Waals surface area contributed by atoms with Gasteiger partial charge < -0.3 is 16.8 Å². The van der Waals surface area contributed by atoms with Gasteiger partial charge in [0.15, 0.2) is 0 Å². The van der Waals surface area contributed by atoms with Gasteiger partial charge in [0.2, 0.25) is 5.95 Å². The SMILES string of the molecule is Nc1cc(NCCc2ccc(Cl)cc2)nc(N)n1. The molecule has 5 nitrogen and oxygen atoms in total. The number of nitrogens with zero attached hydrogens (tertiary/aromatic N) is 2. The van der Waals surface area contributed by atoms with Crippen LogP contribution < -0.4 is 16.8 Å². The summed E-state index contributed by atoms with van der Waals surface area (Å²) in [5.74, 6) is 1.16. The Hall–Kier alpha value is -2.01. The van der Waals surface area contributed by atoms with Crippen LogP contribution in [0.3, 0.4) is 0 Å². The molecular formula is C12H14ClN5. The van der Waals surface area contributed by atoms with E-state index >= 15 is 0 Å². The minimum atomic E-state index is 0.170. The summed E-state index contributed by atoms with van der Waals surface area (Å²) < 4.78 is 0. The first-order chi connectivity index (χ1) is 8.63. The average Bonchev–Trinajstić information content (AvgIpc) is 2.30. The molecule has 0 fully saturated rings. The zero-order chi connectivity index (χ0) is 13.0. The van der Waals surface area contributed by atoms with Crippen molar-refractivity contribution in [1.29, 1.82) is 0 Å². The summed E-state index contributed by atoms with van der Waals surface area (Å²) in [6, 6.07) is 9.38. The number of hydrogen-bond acceptors (Lipinski definition) is 5. The second-order valence-corrected chi connectivity index (χ2v) is 4.28. The zero-order valence-corrected chi connectivity index (χ0v) is 10.5. The molecule has 0 saturated heterocycles. The third-order valence-electron chi connectivity index (χ3n) is 2.40. The Morgan fingerprint density at radius 3 is 2.50 bits per heavy atom. The molecule has 0 aliphatic heterocycles. The molecule has 0 amide bonds. The van der Waals surface area contributed by atoms with Crippen molar-refractivity contribution in [2.24, 2.45) is 0 Å². The molecule has 2 aromatic rings. The van der Waals surface area contributed by atoms with Crippen molar-refractivity contribution < 1.29 is 0 Å². The number of rotatable bonds is 4. The maximum Gasteiger partial charge on any atom is 0.223 e. The Kier molecular flexibility index (Phi) is 3.84. The lowest BCUT2D eigenvalue weighted by molar-refractivity contribution is 1.00. The molecule has 5 N–H and O–H groups in total. The second kappa shape index (κ2) is 5.55. The molecule has 0 bridgehead atoms. The molecule has 18 heavy (non-hydrogen) atoms. The Bertz CT molecular complexity index is 506. The molecule has 1 aromatic heterocycles. The van der Waals surface area contributed by atoms with Crippen molar-refractivity contribution >= 4 is 29.2 Å². The highest BCUT2D eigenvalue weighted by molar-refractivity contribution is 6.30. The molecule has 0 radical (unpaired) electrons. The first-order valence-electron chi connectivity index (χ1n) is 5.52. The van der Waals surface area contributed by atoms with E-state index in [0.717, 1.165) is 18.0 Å². The van der Waals surface area contributed by atoms with Crippen LogP contribution in [0.2, 0.25) is 5.02 Å². The van der Waals surface area contributed by atoms with Gasteiger partial charge in [-0.2, -0.15) is 9.97 Å². The average molecular weight is 264 g/mol. The van der Waals surface area contributed by atoms with Crippen LogP contribution in [0.15, 0.2) is 30.3 Å². The number of nitrogens with one attached hydrogen (secondary N) is 1. The van der Waals surface area contributed by atoms with E-state index in [1.807, 2.05) is 24.3 Å². The van der Waals surface area contributed by atoms with Gasteiger partial charge in [0.1, 0.15) is 11.6 Å². The molecular weight excluding hydrogens is 250 g/mol. The van der Waals surface area contributed by atoms with Crippen molar-refractivity contribution in [3.63, 3.8) is 0 Å². The van der Waals surface area contributed by atoms with Gasteiger partial charge in [-0.05, 0) is 24.1 Å². The van der Waals surface area contributed by atoms with E-state index in [9.17, 15) is 0 Å². The first kappa shape index (κ1) is 12.4. The predicted octanol–water partition coefficient (Wildman–Crippen LogP) is 1.95. The van der Waals surface area contributed by atoms with E-state index in [0.29, 0.717) is 11.6 Å². The first-order valence-corrected chi connectivity index (χ1v) is 5.89. The fourth-order valence-corrected chi connectivity index (χ4v) is 1.69. The number of anilines is 3. The van der Waals surface area contributed by atoms with Crippen LogP contribution in [0.4, 0.5) is 17.6 Å². The van der Waals surface area contributed by atoms with E-state index in [1.54, 1.807) is 6.07 Å². The maximum absolute atomic E-state index is 5.82. The fourth-order valence-electron chi connectivity index (χ4n) is 1.56. The lowest BCUT2D eigenvalue weighted by atomic mass is 10.1. The summed E-state index contributed by atoms with van der Waals surface area (Å²) in [5, 5.41) is 3.88. The normalized spacial score (nSPS) is 10.3. The van der Waals surface area contributed by atoms with Crippen LogP contribution in [-0.4, -0.2) is 16.5 Å². The number of halogens is 1. The minimum Gasteiger partial charge on any atom is -0.383 e. The second-order valence-electron chi connectivity index (χ2n) is 3.84. The molecule has 0 spiro atoms. The molecule has 1 heterocycles. The molecule has 0 atom stereocenters. The van der Waals surface area contributed by atoms with Crippen molar-refractivity contribution in [1.82, 2.24) is 9.97 Å². The van der Waals surface area contributed by atoms with Gasteiger partial charge in [-0.15, -0.1) is 0 Å². The molecule has 0 unspecified atom stereocenters. The van der Waals surface area contributed by atoms with E-state index in [-0.39, 0.29) is 5.95 Å². The third kappa shape index (κ3) is 3.49.